The second-order valence-corrected chi connectivity index (χ2v) is 8.15. The third kappa shape index (κ3) is 4.46. The van der Waals surface area contributed by atoms with Crippen molar-refractivity contribution in [2.24, 2.45) is 0 Å². The molecule has 2 heterocycles. The number of pyridine rings is 2. The zero-order valence-corrected chi connectivity index (χ0v) is 17.3. The molecule has 0 atom stereocenters. The average Bonchev–Trinajstić information content (AvgIpc) is 2.77. The Labute approximate surface area is 184 Å². The van der Waals surface area contributed by atoms with Gasteiger partial charge in [0.2, 0.25) is 0 Å². The number of rotatable bonds is 6. The number of anilines is 1. The molecule has 0 amide bonds. The standard InChI is InChI=1S/C23H19N5O2S/c24-10-19-21(15-3-5-17(6-4-15)30-18-8-16(29)9-18)20(11-25)23(28-22(19)26)31-13-14-2-1-7-27-12-14/h1-7,12,16,18,29H,8-9,13H2,(H2,26,28). The molecular formula is C23H19N5O2S. The van der Waals surface area contributed by atoms with Crippen molar-refractivity contribution in [2.45, 2.75) is 35.8 Å². The van der Waals surface area contributed by atoms with Crippen LogP contribution >= 0.6 is 11.8 Å². The van der Waals surface area contributed by atoms with Crippen molar-refractivity contribution in [2.75, 3.05) is 5.73 Å². The summed E-state index contributed by atoms with van der Waals surface area (Å²) in [5.41, 5.74) is 8.72. The fourth-order valence-electron chi connectivity index (χ4n) is 3.35. The summed E-state index contributed by atoms with van der Waals surface area (Å²) >= 11 is 1.38. The minimum atomic E-state index is -0.289. The van der Waals surface area contributed by atoms with Crippen molar-refractivity contribution in [3.05, 3.63) is 65.5 Å². The van der Waals surface area contributed by atoms with Crippen LogP contribution in [0.15, 0.2) is 53.8 Å². The number of nitriles is 2. The van der Waals surface area contributed by atoms with Gasteiger partial charge in [-0.15, -0.1) is 11.8 Å². The minimum absolute atomic E-state index is 0.0113. The summed E-state index contributed by atoms with van der Waals surface area (Å²) in [6.07, 6.45) is 4.42. The number of hydrogen-bond acceptors (Lipinski definition) is 8. The molecule has 0 saturated heterocycles. The van der Waals surface area contributed by atoms with Gasteiger partial charge in [0.15, 0.2) is 0 Å². The van der Waals surface area contributed by atoms with Gasteiger partial charge in [-0.05, 0) is 29.3 Å². The minimum Gasteiger partial charge on any atom is -0.490 e. The SMILES string of the molecule is N#Cc1c(N)nc(SCc2cccnc2)c(C#N)c1-c1ccc(OC2CC(O)C2)cc1. The number of thioether (sulfide) groups is 1. The molecule has 3 N–H and O–H groups in total. The largest absolute Gasteiger partial charge is 0.490 e. The van der Waals surface area contributed by atoms with Gasteiger partial charge in [0.25, 0.3) is 0 Å². The Kier molecular flexibility index (Phi) is 6.03. The Bertz CT molecular complexity index is 1160. The summed E-state index contributed by atoms with van der Waals surface area (Å²) in [6.45, 7) is 0. The van der Waals surface area contributed by atoms with E-state index in [1.54, 1.807) is 36.7 Å². The van der Waals surface area contributed by atoms with Gasteiger partial charge in [0.05, 0.1) is 11.7 Å². The first kappa shape index (κ1) is 20.7. The van der Waals surface area contributed by atoms with Crippen LogP contribution in [0.1, 0.15) is 29.5 Å². The Morgan fingerprint density at radius 3 is 2.48 bits per heavy atom. The summed E-state index contributed by atoms with van der Waals surface area (Å²) in [5, 5.41) is 29.4. The van der Waals surface area contributed by atoms with Gasteiger partial charge in [-0.3, -0.25) is 4.98 Å². The second-order valence-electron chi connectivity index (χ2n) is 7.19. The Morgan fingerprint density at radius 1 is 1.13 bits per heavy atom. The van der Waals surface area contributed by atoms with E-state index in [2.05, 4.69) is 22.1 Å². The monoisotopic (exact) mass is 429 g/mol. The predicted molar refractivity (Wildman–Crippen MR) is 117 cm³/mol. The van der Waals surface area contributed by atoms with Gasteiger partial charge >= 0.3 is 0 Å². The lowest BCUT2D eigenvalue weighted by Crippen LogP contribution is -2.37. The summed E-state index contributed by atoms with van der Waals surface area (Å²) in [6, 6.07) is 15.3. The molecule has 0 radical (unpaired) electrons. The highest BCUT2D eigenvalue weighted by atomic mass is 32.2. The molecule has 0 unspecified atom stereocenters. The molecule has 7 nitrogen and oxygen atoms in total. The molecule has 1 aliphatic rings. The fourth-order valence-corrected chi connectivity index (χ4v) is 4.28. The maximum absolute atomic E-state index is 9.89. The third-order valence-corrected chi connectivity index (χ3v) is 6.08. The van der Waals surface area contributed by atoms with Crippen LogP contribution in [-0.4, -0.2) is 27.3 Å². The molecular weight excluding hydrogens is 410 g/mol. The number of aliphatic hydroxyl groups is 1. The van der Waals surface area contributed by atoms with E-state index in [1.165, 1.54) is 11.8 Å². The van der Waals surface area contributed by atoms with E-state index >= 15 is 0 Å². The van der Waals surface area contributed by atoms with Crippen molar-refractivity contribution in [3.63, 3.8) is 0 Å². The molecule has 3 aromatic rings. The summed E-state index contributed by atoms with van der Waals surface area (Å²) in [5.74, 6) is 1.33. The number of nitrogens with zero attached hydrogens (tertiary/aromatic N) is 4. The van der Waals surface area contributed by atoms with Gasteiger partial charge in [-0.25, -0.2) is 4.98 Å². The first-order valence-electron chi connectivity index (χ1n) is 9.69. The number of nitrogens with two attached hydrogens (primary N) is 1. The molecule has 4 rings (SSSR count). The summed E-state index contributed by atoms with van der Waals surface area (Å²) < 4.78 is 5.82. The number of nitrogen functional groups attached to an aromatic ring is 1. The normalized spacial score (nSPS) is 17.3. The van der Waals surface area contributed by atoms with Gasteiger partial charge in [0.1, 0.15) is 40.4 Å². The fraction of sp³-hybridized carbons (Fsp3) is 0.217. The highest BCUT2D eigenvalue weighted by Crippen LogP contribution is 2.37. The zero-order valence-electron chi connectivity index (χ0n) is 16.5. The number of hydrogen-bond donors (Lipinski definition) is 2. The quantitative estimate of drug-likeness (QED) is 0.568. The maximum atomic E-state index is 9.89. The molecule has 0 aliphatic heterocycles. The molecule has 1 saturated carbocycles. The maximum Gasteiger partial charge on any atom is 0.143 e. The molecule has 2 aromatic heterocycles. The summed E-state index contributed by atoms with van der Waals surface area (Å²) in [7, 11) is 0. The highest BCUT2D eigenvalue weighted by molar-refractivity contribution is 7.98. The van der Waals surface area contributed by atoms with E-state index in [1.807, 2.05) is 12.1 Å². The van der Waals surface area contributed by atoms with Gasteiger partial charge in [-0.1, -0.05) is 18.2 Å². The number of ether oxygens (including phenoxy) is 1. The Morgan fingerprint density at radius 2 is 1.87 bits per heavy atom. The lowest BCUT2D eigenvalue weighted by molar-refractivity contribution is -0.0107. The van der Waals surface area contributed by atoms with Crippen LogP contribution < -0.4 is 10.5 Å². The van der Waals surface area contributed by atoms with Crippen LogP contribution in [0.4, 0.5) is 5.82 Å². The van der Waals surface area contributed by atoms with Crippen LogP contribution in [0.2, 0.25) is 0 Å². The van der Waals surface area contributed by atoms with Crippen molar-refractivity contribution < 1.29 is 9.84 Å². The lowest BCUT2D eigenvalue weighted by atomic mass is 9.92. The van der Waals surface area contributed by atoms with Gasteiger partial charge in [-0.2, -0.15) is 10.5 Å². The Hall–Kier alpha value is -3.59. The third-order valence-electron chi connectivity index (χ3n) is 5.03. The van der Waals surface area contributed by atoms with Crippen LogP contribution in [0, 0.1) is 22.7 Å². The molecule has 0 bridgehead atoms. The summed E-state index contributed by atoms with van der Waals surface area (Å²) in [4.78, 5) is 8.43. The van der Waals surface area contributed by atoms with E-state index < -0.39 is 0 Å². The smallest absolute Gasteiger partial charge is 0.143 e. The van der Waals surface area contributed by atoms with E-state index in [4.69, 9.17) is 10.5 Å². The van der Waals surface area contributed by atoms with Gasteiger partial charge < -0.3 is 15.6 Å². The van der Waals surface area contributed by atoms with Crippen LogP contribution in [0.25, 0.3) is 11.1 Å². The molecule has 31 heavy (non-hydrogen) atoms. The molecule has 154 valence electrons. The van der Waals surface area contributed by atoms with E-state index in [0.717, 1.165) is 5.56 Å². The van der Waals surface area contributed by atoms with Crippen LogP contribution in [0.3, 0.4) is 0 Å². The molecule has 8 heteroatoms. The van der Waals surface area contributed by atoms with Crippen LogP contribution in [-0.2, 0) is 5.75 Å². The Balaban J connectivity index is 1.66. The first-order valence-corrected chi connectivity index (χ1v) is 10.7. The van der Waals surface area contributed by atoms with Gasteiger partial charge in [0, 0.05) is 36.6 Å². The second kappa shape index (κ2) is 9.05. The number of benzene rings is 1. The topological polar surface area (TPSA) is 129 Å². The van der Waals surface area contributed by atoms with Crippen molar-refractivity contribution in [1.29, 1.82) is 10.5 Å². The predicted octanol–water partition coefficient (Wildman–Crippen LogP) is 3.66. The van der Waals surface area contributed by atoms with Crippen molar-refractivity contribution in [1.82, 2.24) is 9.97 Å². The molecule has 0 spiro atoms. The molecule has 1 aromatic carbocycles. The molecule has 1 fully saturated rings. The van der Waals surface area contributed by atoms with E-state index in [-0.39, 0.29) is 23.6 Å². The number of aliphatic hydroxyl groups excluding tert-OH is 1. The van der Waals surface area contributed by atoms with Crippen molar-refractivity contribution in [3.8, 4) is 29.0 Å². The first-order chi connectivity index (χ1) is 15.1. The highest BCUT2D eigenvalue weighted by Gasteiger charge is 2.29. The van der Waals surface area contributed by atoms with E-state index in [0.29, 0.717) is 46.1 Å². The van der Waals surface area contributed by atoms with Crippen molar-refractivity contribution >= 4 is 17.6 Å². The zero-order chi connectivity index (χ0) is 21.8. The average molecular weight is 430 g/mol. The number of aromatic nitrogens is 2. The van der Waals surface area contributed by atoms with Crippen LogP contribution in [0.5, 0.6) is 5.75 Å². The van der Waals surface area contributed by atoms with E-state index in [9.17, 15) is 15.6 Å². The molecule has 1 aliphatic carbocycles. The lowest BCUT2D eigenvalue weighted by Gasteiger charge is -2.31.